The Morgan fingerprint density at radius 3 is 2.54 bits per heavy atom. The van der Waals surface area contributed by atoms with Gasteiger partial charge in [-0.25, -0.2) is 0 Å². The molecule has 1 aromatic carbocycles. The molecule has 0 saturated carbocycles. The van der Waals surface area contributed by atoms with Gasteiger partial charge in [0.2, 0.25) is 0 Å². The van der Waals surface area contributed by atoms with E-state index in [0.717, 1.165) is 37.7 Å². The Kier molecular flexibility index (Phi) is 11.8. The number of carbonyl (C=O) groups excluding carboxylic acids is 1. The maximum absolute atomic E-state index is 12.0. The number of aliphatic hydroxyl groups excluding tert-OH is 1. The summed E-state index contributed by atoms with van der Waals surface area (Å²) < 4.78 is 5.68. The molecular formula is C22H36O4. The van der Waals surface area contributed by atoms with Crippen molar-refractivity contribution in [2.75, 3.05) is 6.61 Å². The van der Waals surface area contributed by atoms with Gasteiger partial charge in [0.1, 0.15) is 5.78 Å². The first-order valence-corrected chi connectivity index (χ1v) is 10.2. The average Bonchev–Trinajstić information content (AvgIpc) is 2.62. The molecule has 0 aromatic heterocycles. The van der Waals surface area contributed by atoms with Crippen LogP contribution in [0.3, 0.4) is 0 Å². The molecule has 0 aliphatic heterocycles. The molecule has 1 atom stereocenters. The Morgan fingerprint density at radius 1 is 1.08 bits per heavy atom. The molecule has 148 valence electrons. The molecule has 0 saturated heterocycles. The molecule has 0 bridgehead atoms. The molecule has 0 fully saturated rings. The Bertz CT molecular complexity index is 513. The predicted octanol–water partition coefficient (Wildman–Crippen LogP) is 5.18. The summed E-state index contributed by atoms with van der Waals surface area (Å²) in [4.78, 5) is 12.0. The highest BCUT2D eigenvalue weighted by atomic mass is 16.5. The molecule has 1 aromatic rings. The summed E-state index contributed by atoms with van der Waals surface area (Å²) in [7, 11) is 0. The Balaban J connectivity index is 2.37. The number of ketones is 1. The highest BCUT2D eigenvalue weighted by Crippen LogP contribution is 2.27. The van der Waals surface area contributed by atoms with E-state index in [0.29, 0.717) is 31.6 Å². The van der Waals surface area contributed by atoms with Gasteiger partial charge in [-0.15, -0.1) is 0 Å². The third kappa shape index (κ3) is 9.81. The van der Waals surface area contributed by atoms with Crippen LogP contribution in [-0.4, -0.2) is 28.7 Å². The highest BCUT2D eigenvalue weighted by Gasteiger charge is 2.11. The molecule has 4 heteroatoms. The van der Waals surface area contributed by atoms with Crippen LogP contribution in [-0.2, 0) is 11.2 Å². The number of hydrogen-bond donors (Lipinski definition) is 2. The molecule has 1 rings (SSSR count). The summed E-state index contributed by atoms with van der Waals surface area (Å²) in [6, 6.07) is 5.27. The van der Waals surface area contributed by atoms with Crippen LogP contribution < -0.4 is 4.74 Å². The largest absolute Gasteiger partial charge is 0.504 e. The number of phenols is 1. The second-order valence-corrected chi connectivity index (χ2v) is 7.10. The van der Waals surface area contributed by atoms with Gasteiger partial charge in [0.25, 0.3) is 0 Å². The molecule has 0 radical (unpaired) electrons. The second kappa shape index (κ2) is 13.6. The zero-order valence-corrected chi connectivity index (χ0v) is 16.5. The molecule has 4 nitrogen and oxygen atoms in total. The van der Waals surface area contributed by atoms with E-state index in [9.17, 15) is 15.0 Å². The third-order valence-corrected chi connectivity index (χ3v) is 4.58. The molecule has 0 spiro atoms. The topological polar surface area (TPSA) is 66.8 Å². The fourth-order valence-electron chi connectivity index (χ4n) is 2.92. The number of Topliss-reactive ketones (excluding diaryl/α,β-unsaturated/α-hetero) is 1. The van der Waals surface area contributed by atoms with Crippen LogP contribution in [0.4, 0.5) is 0 Å². The minimum Gasteiger partial charge on any atom is -0.504 e. The maximum atomic E-state index is 12.0. The van der Waals surface area contributed by atoms with E-state index in [-0.39, 0.29) is 18.0 Å². The Hall–Kier alpha value is -1.55. The first-order chi connectivity index (χ1) is 12.6. The van der Waals surface area contributed by atoms with Crippen LogP contribution in [0.2, 0.25) is 0 Å². The molecule has 0 unspecified atom stereocenters. The maximum Gasteiger partial charge on any atom is 0.161 e. The van der Waals surface area contributed by atoms with Crippen molar-refractivity contribution in [3.05, 3.63) is 23.8 Å². The highest BCUT2D eigenvalue weighted by molar-refractivity contribution is 5.79. The van der Waals surface area contributed by atoms with Crippen LogP contribution in [0.15, 0.2) is 18.2 Å². The van der Waals surface area contributed by atoms with Crippen LogP contribution in [0, 0.1) is 0 Å². The van der Waals surface area contributed by atoms with Gasteiger partial charge in [-0.05, 0) is 37.0 Å². The van der Waals surface area contributed by atoms with Crippen LogP contribution in [0.5, 0.6) is 11.5 Å². The SMILES string of the molecule is CCCCCCOc1cc(CCC(=O)C[C@H](O)CCCCC)ccc1O. The predicted molar refractivity (Wildman–Crippen MR) is 106 cm³/mol. The molecular weight excluding hydrogens is 328 g/mol. The molecule has 0 heterocycles. The van der Waals surface area contributed by atoms with Crippen molar-refractivity contribution in [1.29, 1.82) is 0 Å². The molecule has 0 amide bonds. The Morgan fingerprint density at radius 2 is 1.81 bits per heavy atom. The van der Waals surface area contributed by atoms with Crippen molar-refractivity contribution < 1.29 is 19.7 Å². The number of unbranched alkanes of at least 4 members (excludes halogenated alkanes) is 5. The van der Waals surface area contributed by atoms with E-state index in [1.807, 2.05) is 12.1 Å². The summed E-state index contributed by atoms with van der Waals surface area (Å²) in [5, 5.41) is 19.8. The van der Waals surface area contributed by atoms with Gasteiger partial charge in [-0.3, -0.25) is 4.79 Å². The first kappa shape index (κ1) is 22.5. The molecule has 2 N–H and O–H groups in total. The lowest BCUT2D eigenvalue weighted by atomic mass is 10.0. The van der Waals surface area contributed by atoms with E-state index in [2.05, 4.69) is 13.8 Å². The smallest absolute Gasteiger partial charge is 0.161 e. The molecule has 26 heavy (non-hydrogen) atoms. The number of aliphatic hydroxyl groups is 1. The minimum absolute atomic E-state index is 0.0871. The normalized spacial score (nSPS) is 12.1. The van der Waals surface area contributed by atoms with E-state index >= 15 is 0 Å². The van der Waals surface area contributed by atoms with Crippen LogP contribution >= 0.6 is 0 Å². The van der Waals surface area contributed by atoms with Crippen LogP contribution in [0.25, 0.3) is 0 Å². The zero-order chi connectivity index (χ0) is 19.2. The summed E-state index contributed by atoms with van der Waals surface area (Å²) >= 11 is 0. The molecule has 0 aliphatic rings. The van der Waals surface area contributed by atoms with Gasteiger partial charge in [0.05, 0.1) is 12.7 Å². The quantitative estimate of drug-likeness (QED) is 0.421. The minimum atomic E-state index is -0.518. The van der Waals surface area contributed by atoms with Crippen molar-refractivity contribution in [2.45, 2.75) is 90.6 Å². The number of benzene rings is 1. The lowest BCUT2D eigenvalue weighted by Gasteiger charge is -2.11. The van der Waals surface area contributed by atoms with E-state index in [1.54, 1.807) is 6.07 Å². The van der Waals surface area contributed by atoms with Gasteiger partial charge >= 0.3 is 0 Å². The van der Waals surface area contributed by atoms with Gasteiger partial charge in [0, 0.05) is 12.8 Å². The van der Waals surface area contributed by atoms with Crippen molar-refractivity contribution >= 4 is 5.78 Å². The van der Waals surface area contributed by atoms with Crippen LogP contribution in [0.1, 0.15) is 83.6 Å². The standard InChI is InChI=1S/C22H36O4/c1-3-5-7-9-15-26-22-16-18(12-14-21(22)25)11-13-20(24)17-19(23)10-8-6-4-2/h12,14,16,19,23,25H,3-11,13,15,17H2,1-2H3/t19-/m1/s1. The Labute approximate surface area is 158 Å². The number of ether oxygens (including phenoxy) is 1. The number of rotatable bonds is 15. The van der Waals surface area contributed by atoms with Gasteiger partial charge < -0.3 is 14.9 Å². The van der Waals surface area contributed by atoms with E-state index in [4.69, 9.17) is 4.74 Å². The van der Waals surface area contributed by atoms with Crippen molar-refractivity contribution in [2.24, 2.45) is 0 Å². The van der Waals surface area contributed by atoms with Crippen molar-refractivity contribution in [3.63, 3.8) is 0 Å². The van der Waals surface area contributed by atoms with E-state index in [1.165, 1.54) is 12.8 Å². The first-order valence-electron chi connectivity index (χ1n) is 10.2. The lowest BCUT2D eigenvalue weighted by Crippen LogP contribution is -2.13. The number of hydrogen-bond acceptors (Lipinski definition) is 4. The fraction of sp³-hybridized carbons (Fsp3) is 0.682. The second-order valence-electron chi connectivity index (χ2n) is 7.10. The third-order valence-electron chi connectivity index (χ3n) is 4.58. The van der Waals surface area contributed by atoms with E-state index < -0.39 is 6.10 Å². The van der Waals surface area contributed by atoms with Crippen molar-refractivity contribution in [3.8, 4) is 11.5 Å². The number of phenolic OH excluding ortho intramolecular Hbond substituents is 1. The fourth-order valence-corrected chi connectivity index (χ4v) is 2.92. The van der Waals surface area contributed by atoms with Crippen molar-refractivity contribution in [1.82, 2.24) is 0 Å². The lowest BCUT2D eigenvalue weighted by molar-refractivity contribution is -0.121. The van der Waals surface area contributed by atoms with Gasteiger partial charge in [-0.1, -0.05) is 58.4 Å². The number of aromatic hydroxyl groups is 1. The molecule has 0 aliphatic carbocycles. The number of aryl methyl sites for hydroxylation is 1. The number of carbonyl (C=O) groups is 1. The monoisotopic (exact) mass is 364 g/mol. The summed E-state index contributed by atoms with van der Waals surface area (Å²) in [5.74, 6) is 0.720. The summed E-state index contributed by atoms with van der Waals surface area (Å²) in [5.41, 5.74) is 0.972. The van der Waals surface area contributed by atoms with Gasteiger partial charge in [0.15, 0.2) is 11.5 Å². The average molecular weight is 365 g/mol. The van der Waals surface area contributed by atoms with Gasteiger partial charge in [-0.2, -0.15) is 0 Å². The zero-order valence-electron chi connectivity index (χ0n) is 16.5. The summed E-state index contributed by atoms with van der Waals surface area (Å²) in [6.07, 6.45) is 9.11. The summed E-state index contributed by atoms with van der Waals surface area (Å²) in [6.45, 7) is 4.89.